The maximum atomic E-state index is 12.2. The van der Waals surface area contributed by atoms with Crippen LogP contribution in [0.15, 0.2) is 54.9 Å². The van der Waals surface area contributed by atoms with Crippen molar-refractivity contribution in [3.05, 3.63) is 66.0 Å². The molecule has 1 amide bonds. The summed E-state index contributed by atoms with van der Waals surface area (Å²) in [5, 5.41) is 3.10. The van der Waals surface area contributed by atoms with Gasteiger partial charge in [0, 0.05) is 12.4 Å². The lowest BCUT2D eigenvalue weighted by Gasteiger charge is -2.42. The van der Waals surface area contributed by atoms with Crippen LogP contribution >= 0.6 is 0 Å². The first-order valence-corrected chi connectivity index (χ1v) is 6.62. The summed E-state index contributed by atoms with van der Waals surface area (Å²) in [5.41, 5.74) is 1.62. The predicted octanol–water partition coefficient (Wildman–Crippen LogP) is 1.67. The zero-order chi connectivity index (χ0) is 13.8. The predicted molar refractivity (Wildman–Crippen MR) is 75.0 cm³/mol. The molecule has 1 aliphatic rings. The molecule has 1 saturated heterocycles. The van der Waals surface area contributed by atoms with E-state index in [0.717, 1.165) is 11.1 Å². The first kappa shape index (κ1) is 12.8. The summed E-state index contributed by atoms with van der Waals surface area (Å²) in [7, 11) is 0. The SMILES string of the molecule is O=C(Cc1cccnc1)NC1(c2ccccc2)COC1. The lowest BCUT2D eigenvalue weighted by molar-refractivity contribution is -0.133. The van der Waals surface area contributed by atoms with Gasteiger partial charge in [0.25, 0.3) is 0 Å². The molecule has 0 unspecified atom stereocenters. The summed E-state index contributed by atoms with van der Waals surface area (Å²) in [4.78, 5) is 16.2. The molecule has 0 atom stereocenters. The first-order chi connectivity index (χ1) is 9.78. The van der Waals surface area contributed by atoms with E-state index in [4.69, 9.17) is 4.74 Å². The molecule has 0 spiro atoms. The quantitative estimate of drug-likeness (QED) is 0.917. The standard InChI is InChI=1S/C16H16N2O2/c19-15(9-13-5-4-8-17-10-13)18-16(11-20-12-16)14-6-2-1-3-7-14/h1-8,10H,9,11-12H2,(H,18,19). The van der Waals surface area contributed by atoms with Crippen LogP contribution < -0.4 is 5.32 Å². The molecule has 4 nitrogen and oxygen atoms in total. The van der Waals surface area contributed by atoms with Crippen molar-refractivity contribution in [2.24, 2.45) is 0 Å². The normalized spacial score (nSPS) is 16.2. The minimum absolute atomic E-state index is 0.00912. The molecular weight excluding hydrogens is 252 g/mol. The topological polar surface area (TPSA) is 51.2 Å². The minimum atomic E-state index is -0.374. The zero-order valence-electron chi connectivity index (χ0n) is 11.1. The minimum Gasteiger partial charge on any atom is -0.376 e. The molecule has 102 valence electrons. The molecule has 0 bridgehead atoms. The van der Waals surface area contributed by atoms with Crippen LogP contribution in [-0.2, 0) is 21.5 Å². The molecule has 2 heterocycles. The molecule has 0 saturated carbocycles. The highest BCUT2D eigenvalue weighted by Crippen LogP contribution is 2.29. The van der Waals surface area contributed by atoms with Crippen molar-refractivity contribution in [2.75, 3.05) is 13.2 Å². The maximum Gasteiger partial charge on any atom is 0.225 e. The number of nitrogens with zero attached hydrogens (tertiary/aromatic N) is 1. The second kappa shape index (κ2) is 5.43. The van der Waals surface area contributed by atoms with Crippen LogP contribution in [0.25, 0.3) is 0 Å². The van der Waals surface area contributed by atoms with Gasteiger partial charge in [0.2, 0.25) is 5.91 Å². The van der Waals surface area contributed by atoms with E-state index in [9.17, 15) is 4.79 Å². The van der Waals surface area contributed by atoms with Crippen LogP contribution in [0.4, 0.5) is 0 Å². The Morgan fingerprint density at radius 2 is 2.00 bits per heavy atom. The van der Waals surface area contributed by atoms with E-state index in [1.165, 1.54) is 0 Å². The molecule has 4 heteroatoms. The molecular formula is C16H16N2O2. The van der Waals surface area contributed by atoms with Crippen LogP contribution in [0.2, 0.25) is 0 Å². The van der Waals surface area contributed by atoms with Crippen LogP contribution in [0.3, 0.4) is 0 Å². The maximum absolute atomic E-state index is 12.2. The van der Waals surface area contributed by atoms with Crippen molar-refractivity contribution in [2.45, 2.75) is 12.0 Å². The van der Waals surface area contributed by atoms with Gasteiger partial charge < -0.3 is 10.1 Å². The molecule has 0 radical (unpaired) electrons. The summed E-state index contributed by atoms with van der Waals surface area (Å²) in [6.07, 6.45) is 3.75. The molecule has 2 aromatic rings. The summed E-state index contributed by atoms with van der Waals surface area (Å²) < 4.78 is 5.32. The Hall–Kier alpha value is -2.20. The number of aromatic nitrogens is 1. The lowest BCUT2D eigenvalue weighted by atomic mass is 9.87. The number of hydrogen-bond donors (Lipinski definition) is 1. The molecule has 1 N–H and O–H groups in total. The van der Waals surface area contributed by atoms with Crippen LogP contribution in [0, 0.1) is 0 Å². The summed E-state index contributed by atoms with van der Waals surface area (Å²) in [5.74, 6) is -0.00912. The molecule has 3 rings (SSSR count). The van der Waals surface area contributed by atoms with Crippen molar-refractivity contribution < 1.29 is 9.53 Å². The fourth-order valence-electron chi connectivity index (χ4n) is 2.37. The number of carbonyl (C=O) groups excluding carboxylic acids is 1. The van der Waals surface area contributed by atoms with Crippen molar-refractivity contribution >= 4 is 5.91 Å². The van der Waals surface area contributed by atoms with Gasteiger partial charge in [-0.25, -0.2) is 0 Å². The lowest BCUT2D eigenvalue weighted by Crippen LogP contribution is -2.59. The van der Waals surface area contributed by atoms with Gasteiger partial charge >= 0.3 is 0 Å². The van der Waals surface area contributed by atoms with Crippen molar-refractivity contribution in [1.82, 2.24) is 10.3 Å². The van der Waals surface area contributed by atoms with E-state index >= 15 is 0 Å². The highest BCUT2D eigenvalue weighted by atomic mass is 16.5. The molecule has 1 fully saturated rings. The third-order valence-electron chi connectivity index (χ3n) is 3.49. The molecule has 1 aromatic heterocycles. The van der Waals surface area contributed by atoms with Gasteiger partial charge in [0.1, 0.15) is 5.54 Å². The van der Waals surface area contributed by atoms with Crippen LogP contribution in [0.5, 0.6) is 0 Å². The largest absolute Gasteiger partial charge is 0.376 e. The van der Waals surface area contributed by atoms with E-state index in [1.807, 2.05) is 42.5 Å². The summed E-state index contributed by atoms with van der Waals surface area (Å²) in [6.45, 7) is 1.05. The first-order valence-electron chi connectivity index (χ1n) is 6.62. The number of amides is 1. The smallest absolute Gasteiger partial charge is 0.225 e. The van der Waals surface area contributed by atoms with E-state index < -0.39 is 0 Å². The summed E-state index contributed by atoms with van der Waals surface area (Å²) in [6, 6.07) is 13.7. The van der Waals surface area contributed by atoms with Gasteiger partial charge in [0.05, 0.1) is 19.6 Å². The highest BCUT2D eigenvalue weighted by Gasteiger charge is 2.41. The Balaban J connectivity index is 1.71. The summed E-state index contributed by atoms with van der Waals surface area (Å²) >= 11 is 0. The van der Waals surface area contributed by atoms with Crippen LogP contribution in [0.1, 0.15) is 11.1 Å². The number of rotatable bonds is 4. The molecule has 20 heavy (non-hydrogen) atoms. The molecule has 0 aliphatic carbocycles. The fourth-order valence-corrected chi connectivity index (χ4v) is 2.37. The van der Waals surface area contributed by atoms with E-state index in [0.29, 0.717) is 19.6 Å². The van der Waals surface area contributed by atoms with Crippen molar-refractivity contribution in [3.63, 3.8) is 0 Å². The highest BCUT2D eigenvalue weighted by molar-refractivity contribution is 5.79. The number of pyridine rings is 1. The monoisotopic (exact) mass is 268 g/mol. The Bertz CT molecular complexity index is 580. The number of hydrogen-bond acceptors (Lipinski definition) is 3. The van der Waals surface area contributed by atoms with Gasteiger partial charge in [-0.15, -0.1) is 0 Å². The van der Waals surface area contributed by atoms with Gasteiger partial charge in [-0.2, -0.15) is 0 Å². The van der Waals surface area contributed by atoms with Gasteiger partial charge in [-0.05, 0) is 17.2 Å². The number of nitrogens with one attached hydrogen (secondary N) is 1. The molecule has 1 aliphatic heterocycles. The second-order valence-electron chi connectivity index (χ2n) is 5.03. The number of benzene rings is 1. The van der Waals surface area contributed by atoms with E-state index in [2.05, 4.69) is 10.3 Å². The number of ether oxygens (including phenoxy) is 1. The average Bonchev–Trinajstić information content (AvgIpc) is 2.45. The van der Waals surface area contributed by atoms with Crippen molar-refractivity contribution in [1.29, 1.82) is 0 Å². The van der Waals surface area contributed by atoms with Gasteiger partial charge in [-0.3, -0.25) is 9.78 Å². The Kier molecular flexibility index (Phi) is 3.48. The van der Waals surface area contributed by atoms with Crippen molar-refractivity contribution in [3.8, 4) is 0 Å². The Morgan fingerprint density at radius 3 is 2.60 bits per heavy atom. The zero-order valence-corrected chi connectivity index (χ0v) is 11.1. The molecule has 1 aromatic carbocycles. The van der Waals surface area contributed by atoms with Gasteiger partial charge in [-0.1, -0.05) is 36.4 Å². The second-order valence-corrected chi connectivity index (χ2v) is 5.03. The van der Waals surface area contributed by atoms with E-state index in [1.54, 1.807) is 12.4 Å². The Morgan fingerprint density at radius 1 is 1.20 bits per heavy atom. The van der Waals surface area contributed by atoms with E-state index in [-0.39, 0.29) is 11.4 Å². The van der Waals surface area contributed by atoms with Crippen LogP contribution in [-0.4, -0.2) is 24.1 Å². The number of carbonyl (C=O) groups is 1. The fraction of sp³-hybridized carbons (Fsp3) is 0.250. The Labute approximate surface area is 117 Å². The van der Waals surface area contributed by atoms with Gasteiger partial charge in [0.15, 0.2) is 0 Å². The average molecular weight is 268 g/mol. The third kappa shape index (κ3) is 2.56. The third-order valence-corrected chi connectivity index (χ3v) is 3.49.